The van der Waals surface area contributed by atoms with E-state index in [0.717, 1.165) is 24.8 Å². The summed E-state index contributed by atoms with van der Waals surface area (Å²) in [6.45, 7) is 0. The molecule has 0 spiro atoms. The Kier molecular flexibility index (Phi) is 3.50. The average molecular weight is 259 g/mol. The molecule has 1 aromatic carbocycles. The fourth-order valence-corrected chi connectivity index (χ4v) is 3.64. The molecule has 2 N–H and O–H groups in total. The third kappa shape index (κ3) is 2.36. The molecule has 1 aromatic rings. The van der Waals surface area contributed by atoms with E-state index in [1.165, 1.54) is 6.07 Å². The fourth-order valence-electron chi connectivity index (χ4n) is 3.64. The summed E-state index contributed by atoms with van der Waals surface area (Å²) in [5, 5.41) is 8.99. The summed E-state index contributed by atoms with van der Waals surface area (Å²) in [4.78, 5) is 0. The van der Waals surface area contributed by atoms with Crippen LogP contribution in [-0.2, 0) is 0 Å². The smallest absolute Gasteiger partial charge is 0.123 e. The van der Waals surface area contributed by atoms with Crippen molar-refractivity contribution in [2.45, 2.75) is 37.8 Å². The van der Waals surface area contributed by atoms with Crippen LogP contribution in [0.2, 0.25) is 0 Å². The lowest BCUT2D eigenvalue weighted by Crippen LogP contribution is -2.36. The largest absolute Gasteiger partial charge is 0.254 e. The number of rotatable bonds is 2. The van der Waals surface area contributed by atoms with Gasteiger partial charge in [0.15, 0.2) is 0 Å². The van der Waals surface area contributed by atoms with Crippen LogP contribution in [0, 0.1) is 29.0 Å². The number of hydrogen-bond donors (Lipinski definition) is 2. The third-order valence-corrected chi connectivity index (χ3v) is 4.47. The molecule has 1 saturated heterocycles. The predicted octanol–water partition coefficient (Wildman–Crippen LogP) is 2.67. The van der Waals surface area contributed by atoms with Gasteiger partial charge in [0.05, 0.1) is 12.1 Å². The number of hydrazine groups is 1. The second-order valence-corrected chi connectivity index (χ2v) is 5.56. The van der Waals surface area contributed by atoms with Gasteiger partial charge in [-0.2, -0.15) is 5.26 Å². The first-order valence-corrected chi connectivity index (χ1v) is 6.93. The zero-order valence-electron chi connectivity index (χ0n) is 10.8. The Labute approximate surface area is 112 Å². The highest BCUT2D eigenvalue weighted by Crippen LogP contribution is 2.42. The van der Waals surface area contributed by atoms with Crippen LogP contribution in [0.3, 0.4) is 0 Å². The fraction of sp³-hybridized carbons (Fsp3) is 0.533. The highest BCUT2D eigenvalue weighted by molar-refractivity contribution is 5.23. The lowest BCUT2D eigenvalue weighted by Gasteiger charge is -2.34. The van der Waals surface area contributed by atoms with E-state index in [0.29, 0.717) is 24.3 Å². The van der Waals surface area contributed by atoms with Gasteiger partial charge in [-0.1, -0.05) is 18.6 Å². The minimum Gasteiger partial charge on any atom is -0.254 e. The van der Waals surface area contributed by atoms with Crippen molar-refractivity contribution in [1.82, 2.24) is 10.9 Å². The standard InChI is InChI=1S/C15H18FN3/c16-12-5-1-4-11(9-12)15-14-10(7-8-17)3-2-6-13(14)18-19-15/h1,4-5,9-10,13-15,18-19H,2-3,6-7H2. The SMILES string of the molecule is N#CCC1CCCC2NNC(c3cccc(F)c3)C12. The summed E-state index contributed by atoms with van der Waals surface area (Å²) >= 11 is 0. The second kappa shape index (κ2) is 5.28. The maximum Gasteiger partial charge on any atom is 0.123 e. The number of benzene rings is 1. The summed E-state index contributed by atoms with van der Waals surface area (Å²) in [6, 6.07) is 9.60. The van der Waals surface area contributed by atoms with Crippen LogP contribution in [0.15, 0.2) is 24.3 Å². The van der Waals surface area contributed by atoms with Crippen LogP contribution >= 0.6 is 0 Å². The van der Waals surface area contributed by atoms with Crippen molar-refractivity contribution in [3.63, 3.8) is 0 Å². The van der Waals surface area contributed by atoms with Gasteiger partial charge in [0, 0.05) is 18.4 Å². The van der Waals surface area contributed by atoms with Crippen molar-refractivity contribution in [3.8, 4) is 6.07 Å². The van der Waals surface area contributed by atoms with Crippen molar-refractivity contribution in [3.05, 3.63) is 35.6 Å². The molecule has 2 aliphatic rings. The molecule has 2 fully saturated rings. The van der Waals surface area contributed by atoms with Gasteiger partial charge in [0.25, 0.3) is 0 Å². The maximum absolute atomic E-state index is 13.4. The zero-order chi connectivity index (χ0) is 13.2. The third-order valence-electron chi connectivity index (χ3n) is 4.47. The molecule has 4 heteroatoms. The Morgan fingerprint density at radius 1 is 1.32 bits per heavy atom. The van der Waals surface area contributed by atoms with Crippen LogP contribution in [-0.4, -0.2) is 6.04 Å². The molecule has 1 aliphatic carbocycles. The topological polar surface area (TPSA) is 47.9 Å². The lowest BCUT2D eigenvalue weighted by molar-refractivity contribution is 0.205. The number of fused-ring (bicyclic) bond motifs is 1. The first-order valence-electron chi connectivity index (χ1n) is 6.93. The summed E-state index contributed by atoms with van der Waals surface area (Å²) in [5.41, 5.74) is 7.61. The molecule has 1 heterocycles. The zero-order valence-corrected chi connectivity index (χ0v) is 10.8. The Balaban J connectivity index is 1.88. The van der Waals surface area contributed by atoms with E-state index in [2.05, 4.69) is 16.9 Å². The van der Waals surface area contributed by atoms with E-state index < -0.39 is 0 Å². The van der Waals surface area contributed by atoms with Gasteiger partial charge >= 0.3 is 0 Å². The Bertz CT molecular complexity index is 496. The minimum absolute atomic E-state index is 0.111. The molecule has 100 valence electrons. The Morgan fingerprint density at radius 3 is 3.00 bits per heavy atom. The van der Waals surface area contributed by atoms with Gasteiger partial charge in [-0.25, -0.2) is 9.82 Å². The van der Waals surface area contributed by atoms with Gasteiger partial charge in [0.2, 0.25) is 0 Å². The van der Waals surface area contributed by atoms with E-state index in [1.807, 2.05) is 6.07 Å². The van der Waals surface area contributed by atoms with E-state index in [-0.39, 0.29) is 11.9 Å². The molecular weight excluding hydrogens is 241 g/mol. The monoisotopic (exact) mass is 259 g/mol. The summed E-state index contributed by atoms with van der Waals surface area (Å²) in [5.74, 6) is 0.588. The van der Waals surface area contributed by atoms with E-state index in [9.17, 15) is 4.39 Å². The molecule has 1 saturated carbocycles. The molecule has 4 unspecified atom stereocenters. The summed E-state index contributed by atoms with van der Waals surface area (Å²) < 4.78 is 13.4. The first-order chi connectivity index (χ1) is 9.29. The van der Waals surface area contributed by atoms with Crippen molar-refractivity contribution >= 4 is 0 Å². The van der Waals surface area contributed by atoms with Crippen molar-refractivity contribution in [1.29, 1.82) is 5.26 Å². The Morgan fingerprint density at radius 2 is 2.21 bits per heavy atom. The van der Waals surface area contributed by atoms with Crippen LogP contribution in [0.25, 0.3) is 0 Å². The molecule has 0 aromatic heterocycles. The molecule has 4 atom stereocenters. The normalized spacial score (nSPS) is 33.7. The van der Waals surface area contributed by atoms with Crippen LogP contribution < -0.4 is 10.9 Å². The van der Waals surface area contributed by atoms with Crippen LogP contribution in [0.1, 0.15) is 37.3 Å². The maximum atomic E-state index is 13.4. The first kappa shape index (κ1) is 12.6. The molecule has 1 aliphatic heterocycles. The molecule has 19 heavy (non-hydrogen) atoms. The average Bonchev–Trinajstić information content (AvgIpc) is 2.84. The summed E-state index contributed by atoms with van der Waals surface area (Å²) in [6.07, 6.45) is 3.99. The highest BCUT2D eigenvalue weighted by Gasteiger charge is 2.43. The lowest BCUT2D eigenvalue weighted by atomic mass is 9.71. The molecule has 0 amide bonds. The highest BCUT2D eigenvalue weighted by atomic mass is 19.1. The molecule has 0 radical (unpaired) electrons. The van der Waals surface area contributed by atoms with Crippen LogP contribution in [0.4, 0.5) is 4.39 Å². The van der Waals surface area contributed by atoms with Gasteiger partial charge in [-0.05, 0) is 36.5 Å². The molecule has 3 rings (SSSR count). The van der Waals surface area contributed by atoms with Crippen molar-refractivity contribution in [2.24, 2.45) is 11.8 Å². The molecular formula is C15H18FN3. The quantitative estimate of drug-likeness (QED) is 0.858. The number of nitrogens with zero attached hydrogens (tertiary/aromatic N) is 1. The predicted molar refractivity (Wildman–Crippen MR) is 70.3 cm³/mol. The number of halogens is 1. The number of hydrogen-bond acceptors (Lipinski definition) is 3. The molecule has 0 bridgehead atoms. The Hall–Kier alpha value is -1.44. The molecule has 3 nitrogen and oxygen atoms in total. The van der Waals surface area contributed by atoms with Crippen molar-refractivity contribution < 1.29 is 4.39 Å². The van der Waals surface area contributed by atoms with E-state index in [4.69, 9.17) is 5.26 Å². The van der Waals surface area contributed by atoms with Crippen LogP contribution in [0.5, 0.6) is 0 Å². The second-order valence-electron chi connectivity index (χ2n) is 5.56. The van der Waals surface area contributed by atoms with Gasteiger partial charge in [-0.15, -0.1) is 0 Å². The van der Waals surface area contributed by atoms with E-state index in [1.54, 1.807) is 12.1 Å². The van der Waals surface area contributed by atoms with E-state index >= 15 is 0 Å². The van der Waals surface area contributed by atoms with Gasteiger partial charge in [-0.3, -0.25) is 5.43 Å². The summed E-state index contributed by atoms with van der Waals surface area (Å²) in [7, 11) is 0. The van der Waals surface area contributed by atoms with Crippen molar-refractivity contribution in [2.75, 3.05) is 0 Å². The van der Waals surface area contributed by atoms with Gasteiger partial charge < -0.3 is 0 Å². The number of nitriles is 1. The van der Waals surface area contributed by atoms with Gasteiger partial charge in [0.1, 0.15) is 5.82 Å². The minimum atomic E-state index is -0.199. The number of nitrogens with one attached hydrogen (secondary N) is 2.